The zero-order valence-electron chi connectivity index (χ0n) is 10.6. The van der Waals surface area contributed by atoms with Crippen molar-refractivity contribution in [2.75, 3.05) is 0 Å². The molecule has 0 spiro atoms. The lowest BCUT2D eigenvalue weighted by Gasteiger charge is -2.07. The Morgan fingerprint density at radius 3 is 2.56 bits per heavy atom. The summed E-state index contributed by atoms with van der Waals surface area (Å²) in [6.07, 6.45) is 3.14. The molecule has 0 unspecified atom stereocenters. The molecule has 2 aromatic heterocycles. The Bertz CT molecular complexity index is 480. The topological polar surface area (TPSA) is 17.3 Å². The van der Waals surface area contributed by atoms with E-state index >= 15 is 0 Å². The molecule has 0 amide bonds. The molecule has 2 heterocycles. The maximum Gasteiger partial charge on any atom is 0.0696 e. The van der Waals surface area contributed by atoms with Crippen molar-refractivity contribution in [2.45, 2.75) is 40.0 Å². The lowest BCUT2D eigenvalue weighted by atomic mass is 9.97. The van der Waals surface area contributed by atoms with Crippen LogP contribution >= 0.6 is 0 Å². The molecule has 0 bridgehead atoms. The van der Waals surface area contributed by atoms with Gasteiger partial charge in [0, 0.05) is 11.8 Å². The Hall–Kier alpha value is -1.31. The molecule has 86 valence electrons. The smallest absolute Gasteiger partial charge is 0.0696 e. The minimum absolute atomic E-state index is 0.494. The first-order chi connectivity index (χ1) is 7.59. The Morgan fingerprint density at radius 1 is 1.19 bits per heavy atom. The van der Waals surface area contributed by atoms with Crippen molar-refractivity contribution in [3.63, 3.8) is 0 Å². The molecule has 0 saturated carbocycles. The summed E-state index contributed by atoms with van der Waals surface area (Å²) in [5.74, 6) is 1.17. The maximum atomic E-state index is 4.68. The van der Waals surface area contributed by atoms with Gasteiger partial charge in [-0.1, -0.05) is 33.8 Å². The van der Waals surface area contributed by atoms with Gasteiger partial charge in [-0.05, 0) is 30.4 Å². The fourth-order valence-electron chi connectivity index (χ4n) is 2.15. The van der Waals surface area contributed by atoms with Crippen LogP contribution in [0.15, 0.2) is 24.4 Å². The summed E-state index contributed by atoms with van der Waals surface area (Å²) in [7, 11) is 0. The minimum Gasteiger partial charge on any atom is -0.240 e. The highest BCUT2D eigenvalue weighted by Crippen LogP contribution is 2.25. The molecule has 0 aliphatic rings. The van der Waals surface area contributed by atoms with Gasteiger partial charge in [0.2, 0.25) is 0 Å². The first-order valence-corrected chi connectivity index (χ1v) is 6.05. The van der Waals surface area contributed by atoms with Crippen molar-refractivity contribution in [2.24, 2.45) is 5.92 Å². The second-order valence-corrected chi connectivity index (χ2v) is 5.15. The van der Waals surface area contributed by atoms with Crippen molar-refractivity contribution in [3.8, 4) is 0 Å². The van der Waals surface area contributed by atoms with Gasteiger partial charge in [-0.3, -0.25) is 0 Å². The fourth-order valence-corrected chi connectivity index (χ4v) is 2.15. The summed E-state index contributed by atoms with van der Waals surface area (Å²) < 4.78 is 2.01. The average molecular weight is 216 g/mol. The van der Waals surface area contributed by atoms with Gasteiger partial charge in [-0.2, -0.15) is 5.10 Å². The predicted molar refractivity (Wildman–Crippen MR) is 67.8 cm³/mol. The zero-order chi connectivity index (χ0) is 11.7. The Labute approximate surface area is 97.3 Å². The van der Waals surface area contributed by atoms with Crippen LogP contribution in [0, 0.1) is 5.92 Å². The van der Waals surface area contributed by atoms with E-state index in [1.54, 1.807) is 0 Å². The van der Waals surface area contributed by atoms with E-state index in [4.69, 9.17) is 0 Å². The SMILES string of the molecule is CC(C)Cc1c(C(C)C)nn2ccccc12. The van der Waals surface area contributed by atoms with Crippen LogP contribution in [0.1, 0.15) is 44.9 Å². The second kappa shape index (κ2) is 4.28. The molecular weight excluding hydrogens is 196 g/mol. The molecule has 0 aromatic carbocycles. The fraction of sp³-hybridized carbons (Fsp3) is 0.500. The Kier molecular flexibility index (Phi) is 2.99. The maximum absolute atomic E-state index is 4.68. The molecule has 2 rings (SSSR count). The van der Waals surface area contributed by atoms with E-state index in [1.165, 1.54) is 16.8 Å². The van der Waals surface area contributed by atoms with E-state index in [-0.39, 0.29) is 0 Å². The summed E-state index contributed by atoms with van der Waals surface area (Å²) in [6.45, 7) is 8.95. The first kappa shape index (κ1) is 11.2. The highest BCUT2D eigenvalue weighted by atomic mass is 15.2. The number of nitrogens with zero attached hydrogens (tertiary/aromatic N) is 2. The molecule has 0 N–H and O–H groups in total. The zero-order valence-corrected chi connectivity index (χ0v) is 10.6. The van der Waals surface area contributed by atoms with Crippen molar-refractivity contribution >= 4 is 5.52 Å². The van der Waals surface area contributed by atoms with E-state index in [0.29, 0.717) is 11.8 Å². The van der Waals surface area contributed by atoms with Gasteiger partial charge >= 0.3 is 0 Å². The van der Waals surface area contributed by atoms with Crippen LogP contribution in [-0.4, -0.2) is 9.61 Å². The van der Waals surface area contributed by atoms with Crippen molar-refractivity contribution in [3.05, 3.63) is 35.7 Å². The van der Waals surface area contributed by atoms with Crippen molar-refractivity contribution < 1.29 is 0 Å². The largest absolute Gasteiger partial charge is 0.240 e. The van der Waals surface area contributed by atoms with E-state index in [1.807, 2.05) is 16.8 Å². The molecule has 2 aromatic rings. The number of fused-ring (bicyclic) bond motifs is 1. The Morgan fingerprint density at radius 2 is 1.94 bits per heavy atom. The number of hydrogen-bond acceptors (Lipinski definition) is 1. The molecule has 0 radical (unpaired) electrons. The van der Waals surface area contributed by atoms with Gasteiger partial charge in [0.1, 0.15) is 0 Å². The third-order valence-corrected chi connectivity index (χ3v) is 2.83. The van der Waals surface area contributed by atoms with Gasteiger partial charge in [0.25, 0.3) is 0 Å². The van der Waals surface area contributed by atoms with Crippen molar-refractivity contribution in [1.82, 2.24) is 9.61 Å². The normalized spacial score (nSPS) is 11.9. The molecule has 0 aliphatic heterocycles. The molecule has 2 nitrogen and oxygen atoms in total. The molecule has 0 fully saturated rings. The van der Waals surface area contributed by atoms with E-state index in [2.05, 4.69) is 44.9 Å². The lowest BCUT2D eigenvalue weighted by Crippen LogP contribution is -1.99. The van der Waals surface area contributed by atoms with Gasteiger partial charge in [-0.25, -0.2) is 4.52 Å². The summed E-state index contributed by atoms with van der Waals surface area (Å²) in [5, 5.41) is 4.68. The summed E-state index contributed by atoms with van der Waals surface area (Å²) in [6, 6.07) is 6.28. The predicted octanol–water partition coefficient (Wildman–Crippen LogP) is 3.66. The Balaban J connectivity index is 2.60. The molecule has 2 heteroatoms. The van der Waals surface area contributed by atoms with E-state index < -0.39 is 0 Å². The molecule has 0 atom stereocenters. The average Bonchev–Trinajstić information content (AvgIpc) is 2.57. The molecule has 16 heavy (non-hydrogen) atoms. The van der Waals surface area contributed by atoms with Crippen LogP contribution in [0.2, 0.25) is 0 Å². The summed E-state index contributed by atoms with van der Waals surface area (Å²) in [4.78, 5) is 0. The molecule has 0 aliphatic carbocycles. The van der Waals surface area contributed by atoms with E-state index in [9.17, 15) is 0 Å². The van der Waals surface area contributed by atoms with Crippen LogP contribution in [-0.2, 0) is 6.42 Å². The second-order valence-electron chi connectivity index (χ2n) is 5.15. The van der Waals surface area contributed by atoms with Gasteiger partial charge in [0.05, 0.1) is 11.2 Å². The lowest BCUT2D eigenvalue weighted by molar-refractivity contribution is 0.639. The monoisotopic (exact) mass is 216 g/mol. The highest BCUT2D eigenvalue weighted by Gasteiger charge is 2.15. The highest BCUT2D eigenvalue weighted by molar-refractivity contribution is 5.57. The number of hydrogen-bond donors (Lipinski definition) is 0. The quantitative estimate of drug-likeness (QED) is 0.765. The van der Waals surface area contributed by atoms with Crippen LogP contribution in [0.4, 0.5) is 0 Å². The van der Waals surface area contributed by atoms with Crippen molar-refractivity contribution in [1.29, 1.82) is 0 Å². The van der Waals surface area contributed by atoms with Gasteiger partial charge in [-0.15, -0.1) is 0 Å². The number of pyridine rings is 1. The number of rotatable bonds is 3. The molecular formula is C14H20N2. The molecule has 0 saturated heterocycles. The van der Waals surface area contributed by atoms with Gasteiger partial charge in [0.15, 0.2) is 0 Å². The van der Waals surface area contributed by atoms with Crippen LogP contribution in [0.25, 0.3) is 5.52 Å². The van der Waals surface area contributed by atoms with Gasteiger partial charge < -0.3 is 0 Å². The third-order valence-electron chi connectivity index (χ3n) is 2.83. The minimum atomic E-state index is 0.494. The van der Waals surface area contributed by atoms with Crippen LogP contribution < -0.4 is 0 Å². The standard InChI is InChI=1S/C14H20N2/c1-10(2)9-12-13-7-5-6-8-16(13)15-14(12)11(3)4/h5-8,10-11H,9H2,1-4H3. The number of aromatic nitrogens is 2. The summed E-state index contributed by atoms with van der Waals surface area (Å²) in [5.41, 5.74) is 3.94. The van der Waals surface area contributed by atoms with Crippen LogP contribution in [0.5, 0.6) is 0 Å². The first-order valence-electron chi connectivity index (χ1n) is 6.05. The van der Waals surface area contributed by atoms with Crippen LogP contribution in [0.3, 0.4) is 0 Å². The van der Waals surface area contributed by atoms with E-state index in [0.717, 1.165) is 6.42 Å². The third kappa shape index (κ3) is 1.97. The summed E-state index contributed by atoms with van der Waals surface area (Å²) >= 11 is 0.